The Hall–Kier alpha value is -2.54. The summed E-state index contributed by atoms with van der Waals surface area (Å²) in [5.74, 6) is -0.0441. The molecule has 29 heavy (non-hydrogen) atoms. The number of allylic oxidation sites excluding steroid dienone is 2. The average molecular weight is 406 g/mol. The number of carbonyl (C=O) groups is 1. The smallest absolute Gasteiger partial charge is 0.335 e. The maximum Gasteiger partial charge on any atom is 0.335 e. The number of unbranched alkanes of at least 4 members (excludes halogenated alkanes) is 3. The second-order valence-corrected chi connectivity index (χ2v) is 6.92. The van der Waals surface area contributed by atoms with E-state index in [4.69, 9.17) is 20.6 Å². The van der Waals surface area contributed by atoms with Gasteiger partial charge in [0.05, 0.1) is 18.8 Å². The van der Waals surface area contributed by atoms with E-state index in [0.717, 1.165) is 44.3 Å². The second kappa shape index (κ2) is 14.5. The summed E-state index contributed by atoms with van der Waals surface area (Å²) >= 11 is 0. The lowest BCUT2D eigenvalue weighted by Crippen LogP contribution is -2.13. The summed E-state index contributed by atoms with van der Waals surface area (Å²) in [7, 11) is 0. The summed E-state index contributed by atoms with van der Waals surface area (Å²) in [4.78, 5) is 11.4. The van der Waals surface area contributed by atoms with Crippen LogP contribution in [0.5, 0.6) is 11.5 Å². The number of carboxylic acids is 1. The molecule has 1 rings (SSSR count). The van der Waals surface area contributed by atoms with E-state index in [-0.39, 0.29) is 5.56 Å². The molecule has 0 saturated carbocycles. The highest BCUT2D eigenvalue weighted by atomic mass is 16.5. The van der Waals surface area contributed by atoms with Crippen LogP contribution in [0, 0.1) is 5.41 Å². The zero-order valence-corrected chi connectivity index (χ0v) is 17.6. The molecule has 0 bridgehead atoms. The zero-order valence-electron chi connectivity index (χ0n) is 17.6. The van der Waals surface area contributed by atoms with Gasteiger partial charge in [-0.15, -0.1) is 0 Å². The number of aromatic carboxylic acids is 1. The van der Waals surface area contributed by atoms with Crippen molar-refractivity contribution in [2.45, 2.75) is 52.4 Å². The van der Waals surface area contributed by atoms with Crippen LogP contribution < -0.4 is 20.5 Å². The van der Waals surface area contributed by atoms with Gasteiger partial charge < -0.3 is 31.0 Å². The van der Waals surface area contributed by atoms with Gasteiger partial charge in [-0.05, 0) is 63.4 Å². The molecule has 0 fully saturated rings. The summed E-state index contributed by atoms with van der Waals surface area (Å²) < 4.78 is 11.5. The van der Waals surface area contributed by atoms with Crippen molar-refractivity contribution in [3.8, 4) is 11.5 Å². The highest BCUT2D eigenvalue weighted by Crippen LogP contribution is 2.24. The minimum Gasteiger partial charge on any atom is -0.493 e. The first-order valence-corrected chi connectivity index (χ1v) is 10.3. The number of nitrogens with two attached hydrogens (primary N) is 1. The molecule has 0 aliphatic heterocycles. The van der Waals surface area contributed by atoms with Crippen LogP contribution in [0.4, 0.5) is 0 Å². The van der Waals surface area contributed by atoms with Crippen LogP contribution >= 0.6 is 0 Å². The highest BCUT2D eigenvalue weighted by molar-refractivity contribution is 5.88. The first-order valence-electron chi connectivity index (χ1n) is 10.3. The van der Waals surface area contributed by atoms with Gasteiger partial charge in [0, 0.05) is 18.0 Å². The number of hydrogen-bond donors (Lipinski definition) is 4. The maximum absolute atomic E-state index is 11.4. The number of carboxylic acid groups (broad SMARTS) is 1. The second-order valence-electron chi connectivity index (χ2n) is 6.92. The molecule has 0 atom stereocenters. The van der Waals surface area contributed by atoms with Crippen molar-refractivity contribution < 1.29 is 19.4 Å². The van der Waals surface area contributed by atoms with Crippen molar-refractivity contribution in [2.24, 2.45) is 5.73 Å². The molecule has 7 nitrogen and oxygen atoms in total. The molecule has 7 heteroatoms. The van der Waals surface area contributed by atoms with Gasteiger partial charge in [-0.1, -0.05) is 19.8 Å². The predicted octanol–water partition coefficient (Wildman–Crippen LogP) is 3.97. The fourth-order valence-corrected chi connectivity index (χ4v) is 2.77. The van der Waals surface area contributed by atoms with E-state index in [0.29, 0.717) is 43.3 Å². The molecule has 0 radical (unpaired) electrons. The van der Waals surface area contributed by atoms with E-state index in [9.17, 15) is 9.90 Å². The fraction of sp³-hybridized carbons (Fsp3) is 0.545. The minimum atomic E-state index is -1.02. The van der Waals surface area contributed by atoms with E-state index in [2.05, 4.69) is 12.2 Å². The van der Waals surface area contributed by atoms with Crippen molar-refractivity contribution in [1.29, 1.82) is 5.41 Å². The molecule has 0 aliphatic rings. The molecule has 0 unspecified atom stereocenters. The summed E-state index contributed by atoms with van der Waals surface area (Å²) in [6, 6.07) is 4.74. The lowest BCUT2D eigenvalue weighted by molar-refractivity contribution is 0.0695. The summed E-state index contributed by atoms with van der Waals surface area (Å²) in [5, 5.41) is 20.0. The number of rotatable bonds is 16. The molecule has 1 aromatic carbocycles. The van der Waals surface area contributed by atoms with Gasteiger partial charge in [0.2, 0.25) is 0 Å². The van der Waals surface area contributed by atoms with Crippen molar-refractivity contribution in [3.05, 3.63) is 35.0 Å². The molecule has 0 aliphatic carbocycles. The molecule has 0 amide bonds. The normalized spacial score (nSPS) is 11.7. The Morgan fingerprint density at radius 3 is 2.28 bits per heavy atom. The number of hydrogen-bond acceptors (Lipinski definition) is 6. The molecule has 0 spiro atoms. The Balaban J connectivity index is 2.49. The fourth-order valence-electron chi connectivity index (χ4n) is 2.77. The van der Waals surface area contributed by atoms with Gasteiger partial charge in [0.1, 0.15) is 11.5 Å². The molecular formula is C22H35N3O4. The largest absolute Gasteiger partial charge is 0.493 e. The summed E-state index contributed by atoms with van der Waals surface area (Å²) in [5.41, 5.74) is 7.26. The van der Waals surface area contributed by atoms with Crippen molar-refractivity contribution in [2.75, 3.05) is 26.3 Å². The lowest BCUT2D eigenvalue weighted by Gasteiger charge is -2.12. The van der Waals surface area contributed by atoms with Crippen LogP contribution in [0.2, 0.25) is 0 Å². The van der Waals surface area contributed by atoms with Crippen LogP contribution in [0.3, 0.4) is 0 Å². The SMILES string of the molecule is CCNCCCCCCOc1cc(OCCC/C(C=N)=C(\C)N)cc(C(=O)O)c1. The van der Waals surface area contributed by atoms with Gasteiger partial charge in [-0.3, -0.25) is 0 Å². The van der Waals surface area contributed by atoms with Gasteiger partial charge in [-0.25, -0.2) is 4.79 Å². The molecule has 0 aromatic heterocycles. The van der Waals surface area contributed by atoms with Gasteiger partial charge in [-0.2, -0.15) is 0 Å². The Kier molecular flexibility index (Phi) is 12.2. The van der Waals surface area contributed by atoms with Crippen LogP contribution in [-0.2, 0) is 0 Å². The van der Waals surface area contributed by atoms with Gasteiger partial charge in [0.15, 0.2) is 0 Å². The van der Waals surface area contributed by atoms with Gasteiger partial charge in [0.25, 0.3) is 0 Å². The Bertz CT molecular complexity index is 670. The number of ether oxygens (including phenoxy) is 2. The predicted molar refractivity (Wildman–Crippen MR) is 116 cm³/mol. The molecule has 0 heterocycles. The summed E-state index contributed by atoms with van der Waals surface area (Å²) in [6.45, 7) is 6.86. The van der Waals surface area contributed by atoms with E-state index < -0.39 is 5.97 Å². The standard InChI is InChI=1S/C22H35N3O4/c1-3-25-10-6-4-5-7-11-28-20-13-19(22(26)27)14-21(15-20)29-12-8-9-18(16-23)17(2)24/h13-16,23,25H,3-12,24H2,1-2H3,(H,26,27)/b18-17-,23-16?. The average Bonchev–Trinajstić information content (AvgIpc) is 2.69. The third kappa shape index (κ3) is 10.5. The third-order valence-electron chi connectivity index (χ3n) is 4.43. The molecule has 5 N–H and O–H groups in total. The lowest BCUT2D eigenvalue weighted by atomic mass is 10.1. The molecule has 1 aromatic rings. The highest BCUT2D eigenvalue weighted by Gasteiger charge is 2.09. The van der Waals surface area contributed by atoms with Crippen LogP contribution in [0.25, 0.3) is 0 Å². The first kappa shape index (κ1) is 24.5. The monoisotopic (exact) mass is 405 g/mol. The minimum absolute atomic E-state index is 0.140. The quantitative estimate of drug-likeness (QED) is 0.244. The molecular weight excluding hydrogens is 370 g/mol. The Morgan fingerprint density at radius 1 is 1.10 bits per heavy atom. The zero-order chi connectivity index (χ0) is 21.5. The van der Waals surface area contributed by atoms with Crippen LogP contribution in [0.15, 0.2) is 29.5 Å². The van der Waals surface area contributed by atoms with E-state index >= 15 is 0 Å². The molecule has 0 saturated heterocycles. The van der Waals surface area contributed by atoms with Gasteiger partial charge >= 0.3 is 5.97 Å². The third-order valence-corrected chi connectivity index (χ3v) is 4.43. The Labute approximate surface area is 173 Å². The first-order chi connectivity index (χ1) is 14.0. The van der Waals surface area contributed by atoms with Crippen molar-refractivity contribution in [3.63, 3.8) is 0 Å². The topological polar surface area (TPSA) is 118 Å². The number of benzene rings is 1. The Morgan fingerprint density at radius 2 is 1.72 bits per heavy atom. The molecule has 162 valence electrons. The van der Waals surface area contributed by atoms with E-state index in [1.807, 2.05) is 0 Å². The van der Waals surface area contributed by atoms with E-state index in [1.165, 1.54) is 18.3 Å². The van der Waals surface area contributed by atoms with Crippen molar-refractivity contribution >= 4 is 12.2 Å². The van der Waals surface area contributed by atoms with Crippen LogP contribution in [0.1, 0.15) is 62.7 Å². The van der Waals surface area contributed by atoms with E-state index in [1.54, 1.807) is 13.0 Å². The number of nitrogens with one attached hydrogen (secondary N) is 2. The maximum atomic E-state index is 11.4. The summed E-state index contributed by atoms with van der Waals surface area (Å²) in [6.07, 6.45) is 6.88. The van der Waals surface area contributed by atoms with Crippen LogP contribution in [-0.4, -0.2) is 43.6 Å². The van der Waals surface area contributed by atoms with Crippen molar-refractivity contribution in [1.82, 2.24) is 5.32 Å².